The van der Waals surface area contributed by atoms with Crippen molar-refractivity contribution < 1.29 is 24.3 Å². The van der Waals surface area contributed by atoms with Crippen LogP contribution < -0.4 is 0 Å². The quantitative estimate of drug-likeness (QED) is 0.716. The van der Waals surface area contributed by atoms with E-state index in [1.54, 1.807) is 0 Å². The van der Waals surface area contributed by atoms with Gasteiger partial charge in [0, 0.05) is 31.6 Å². The van der Waals surface area contributed by atoms with Crippen molar-refractivity contribution in [3.8, 4) is 0 Å². The van der Waals surface area contributed by atoms with E-state index in [9.17, 15) is 19.2 Å². The molecule has 0 amide bonds. The molecule has 5 nitrogen and oxygen atoms in total. The second kappa shape index (κ2) is 7.02. The van der Waals surface area contributed by atoms with Crippen molar-refractivity contribution in [1.29, 1.82) is 0 Å². The number of aliphatic carboxylic acids is 1. The van der Waals surface area contributed by atoms with E-state index in [2.05, 4.69) is 13.8 Å². The van der Waals surface area contributed by atoms with E-state index in [1.807, 2.05) is 6.92 Å². The van der Waals surface area contributed by atoms with Gasteiger partial charge >= 0.3 is 5.97 Å². The molecule has 0 aromatic rings. The van der Waals surface area contributed by atoms with Crippen LogP contribution >= 0.6 is 0 Å². The summed E-state index contributed by atoms with van der Waals surface area (Å²) in [6.07, 6.45) is 6.82. The summed E-state index contributed by atoms with van der Waals surface area (Å²) in [5.41, 5.74) is 0.0967. The van der Waals surface area contributed by atoms with Gasteiger partial charge in [-0.2, -0.15) is 0 Å². The van der Waals surface area contributed by atoms with Crippen LogP contribution in [0.25, 0.3) is 0 Å². The van der Waals surface area contributed by atoms with Crippen LogP contribution in [0.2, 0.25) is 0 Å². The van der Waals surface area contributed by atoms with E-state index in [-0.39, 0.29) is 35.0 Å². The van der Waals surface area contributed by atoms with E-state index in [0.29, 0.717) is 48.6 Å². The highest BCUT2D eigenvalue weighted by atomic mass is 16.4. The van der Waals surface area contributed by atoms with Crippen LogP contribution in [0.15, 0.2) is 0 Å². The smallest absolute Gasteiger partial charge is 0.372 e. The Balaban J connectivity index is 1.58. The maximum absolute atomic E-state index is 13.3. The van der Waals surface area contributed by atoms with Gasteiger partial charge in [-0.05, 0) is 72.5 Å². The van der Waals surface area contributed by atoms with E-state index < -0.39 is 11.8 Å². The molecule has 1 N–H and O–H groups in total. The van der Waals surface area contributed by atoms with Gasteiger partial charge in [0.25, 0.3) is 0 Å². The number of carboxylic acids is 1. The zero-order valence-electron chi connectivity index (χ0n) is 17.9. The molecule has 0 unspecified atom stereocenters. The maximum Gasteiger partial charge on any atom is 0.372 e. The second-order valence-electron chi connectivity index (χ2n) is 11.0. The van der Waals surface area contributed by atoms with Gasteiger partial charge in [-0.25, -0.2) is 4.79 Å². The fourth-order valence-corrected chi connectivity index (χ4v) is 8.22. The molecule has 0 saturated heterocycles. The molecule has 0 aromatic heterocycles. The summed E-state index contributed by atoms with van der Waals surface area (Å²) in [7, 11) is 0. The van der Waals surface area contributed by atoms with Gasteiger partial charge in [0.05, 0.1) is 0 Å². The third kappa shape index (κ3) is 3.11. The average Bonchev–Trinajstić information content (AvgIpc) is 3.00. The summed E-state index contributed by atoms with van der Waals surface area (Å²) in [5, 5.41) is 9.00. The van der Waals surface area contributed by atoms with Crippen LogP contribution in [0.5, 0.6) is 0 Å². The molecule has 0 aliphatic heterocycles. The third-order valence-electron chi connectivity index (χ3n) is 9.79. The number of carbonyl (C=O) groups is 4. The Hall–Kier alpha value is -1.52. The second-order valence-corrected chi connectivity index (χ2v) is 11.0. The SMILES string of the molecule is C[C@H](CC(=O)C(=O)O)[C@H]1CC[C@H]2[C@@H]3C(=O)C[C@@H]4CC(=O)CC[C@]4(C)[C@H]3CC[C@]12C. The predicted molar refractivity (Wildman–Crippen MR) is 107 cm³/mol. The molecule has 160 valence electrons. The van der Waals surface area contributed by atoms with Crippen LogP contribution in [-0.2, 0) is 19.2 Å². The zero-order chi connectivity index (χ0) is 21.1. The maximum atomic E-state index is 13.3. The summed E-state index contributed by atoms with van der Waals surface area (Å²) in [5.74, 6) is -0.0478. The summed E-state index contributed by atoms with van der Waals surface area (Å²) in [6.45, 7) is 6.63. The minimum Gasteiger partial charge on any atom is -0.476 e. The third-order valence-corrected chi connectivity index (χ3v) is 9.79. The first kappa shape index (κ1) is 20.7. The number of rotatable bonds is 4. The number of Topliss-reactive ketones (excluding diaryl/α,β-unsaturated/α-hetero) is 3. The Bertz CT molecular complexity index is 756. The molecule has 0 spiro atoms. The Kier molecular flexibility index (Phi) is 5.02. The van der Waals surface area contributed by atoms with Crippen LogP contribution in [-0.4, -0.2) is 28.4 Å². The fourth-order valence-electron chi connectivity index (χ4n) is 8.22. The number of fused-ring (bicyclic) bond motifs is 5. The van der Waals surface area contributed by atoms with E-state index in [4.69, 9.17) is 5.11 Å². The molecule has 0 bridgehead atoms. The molecule has 4 rings (SSSR count). The molecule has 4 aliphatic rings. The summed E-state index contributed by atoms with van der Waals surface area (Å²) in [4.78, 5) is 48.2. The van der Waals surface area contributed by atoms with Crippen molar-refractivity contribution in [2.75, 3.05) is 0 Å². The van der Waals surface area contributed by atoms with E-state index >= 15 is 0 Å². The van der Waals surface area contributed by atoms with Crippen molar-refractivity contribution in [3.05, 3.63) is 0 Å². The molecule has 0 aromatic carbocycles. The van der Waals surface area contributed by atoms with Gasteiger partial charge in [-0.3, -0.25) is 14.4 Å². The number of hydrogen-bond acceptors (Lipinski definition) is 4. The predicted octanol–water partition coefficient (Wildman–Crippen LogP) is 4.07. The van der Waals surface area contributed by atoms with Gasteiger partial charge < -0.3 is 5.11 Å². The average molecular weight is 403 g/mol. The van der Waals surface area contributed by atoms with Crippen molar-refractivity contribution in [3.63, 3.8) is 0 Å². The van der Waals surface area contributed by atoms with Crippen LogP contribution in [0.4, 0.5) is 0 Å². The topological polar surface area (TPSA) is 88.5 Å². The van der Waals surface area contributed by atoms with Gasteiger partial charge in [-0.15, -0.1) is 0 Å². The normalized spacial score (nSPS) is 45.1. The fraction of sp³-hybridized carbons (Fsp3) is 0.833. The molecule has 4 fully saturated rings. The molecule has 4 aliphatic carbocycles. The van der Waals surface area contributed by atoms with Gasteiger partial charge in [0.1, 0.15) is 11.6 Å². The molecule has 8 atom stereocenters. The Morgan fingerprint density at radius 2 is 1.72 bits per heavy atom. The van der Waals surface area contributed by atoms with Gasteiger partial charge in [-0.1, -0.05) is 20.8 Å². The van der Waals surface area contributed by atoms with Crippen LogP contribution in [0, 0.1) is 46.3 Å². The Labute approximate surface area is 173 Å². The van der Waals surface area contributed by atoms with Gasteiger partial charge in [0.2, 0.25) is 5.78 Å². The molecular weight excluding hydrogens is 368 g/mol. The first-order valence-corrected chi connectivity index (χ1v) is 11.4. The van der Waals surface area contributed by atoms with Gasteiger partial charge in [0.15, 0.2) is 0 Å². The lowest BCUT2D eigenvalue weighted by Gasteiger charge is -2.59. The zero-order valence-corrected chi connectivity index (χ0v) is 17.9. The molecule has 5 heteroatoms. The minimum atomic E-state index is -1.34. The highest BCUT2D eigenvalue weighted by molar-refractivity contribution is 6.32. The standard InChI is InChI=1S/C24H34O5/c1-13(10-20(27)22(28)29)16-4-5-17-21-18(7-9-24(16,17)3)23(2)8-6-15(25)11-14(23)12-19(21)26/h13-14,16-18,21H,4-12H2,1-3H3,(H,28,29)/t13-,14+,16-,17+,18+,21+,23+,24-/m1/s1. The van der Waals surface area contributed by atoms with Crippen molar-refractivity contribution in [2.24, 2.45) is 46.3 Å². The first-order chi connectivity index (χ1) is 13.6. The molecular formula is C24H34O5. The van der Waals surface area contributed by atoms with Crippen molar-refractivity contribution >= 4 is 23.3 Å². The van der Waals surface area contributed by atoms with Crippen molar-refractivity contribution in [2.45, 2.75) is 78.6 Å². The number of carboxylic acid groups (broad SMARTS) is 1. The van der Waals surface area contributed by atoms with Crippen LogP contribution in [0.3, 0.4) is 0 Å². The summed E-state index contributed by atoms with van der Waals surface area (Å²) >= 11 is 0. The summed E-state index contributed by atoms with van der Waals surface area (Å²) in [6, 6.07) is 0. The lowest BCUT2D eigenvalue weighted by Crippen LogP contribution is -2.57. The number of ketones is 3. The lowest BCUT2D eigenvalue weighted by atomic mass is 9.44. The highest BCUT2D eigenvalue weighted by Gasteiger charge is 2.63. The molecule has 29 heavy (non-hydrogen) atoms. The minimum absolute atomic E-state index is 0.00269. The molecule has 4 saturated carbocycles. The Morgan fingerprint density at radius 3 is 2.41 bits per heavy atom. The van der Waals surface area contributed by atoms with Crippen LogP contribution in [0.1, 0.15) is 78.6 Å². The summed E-state index contributed by atoms with van der Waals surface area (Å²) < 4.78 is 0. The monoisotopic (exact) mass is 402 g/mol. The highest BCUT2D eigenvalue weighted by Crippen LogP contribution is 2.67. The lowest BCUT2D eigenvalue weighted by molar-refractivity contribution is -0.159. The molecule has 0 heterocycles. The molecule has 0 radical (unpaired) electrons. The van der Waals surface area contributed by atoms with E-state index in [0.717, 1.165) is 32.1 Å². The number of hydrogen-bond donors (Lipinski definition) is 1. The number of carbonyl (C=O) groups excluding carboxylic acids is 3. The largest absolute Gasteiger partial charge is 0.476 e. The Morgan fingerprint density at radius 1 is 1.03 bits per heavy atom. The van der Waals surface area contributed by atoms with E-state index in [1.165, 1.54) is 0 Å². The van der Waals surface area contributed by atoms with Crippen molar-refractivity contribution in [1.82, 2.24) is 0 Å². The first-order valence-electron chi connectivity index (χ1n) is 11.4.